The first-order valence-electron chi connectivity index (χ1n) is 6.38. The van der Waals surface area contributed by atoms with E-state index in [1.54, 1.807) is 0 Å². The molecule has 0 spiro atoms. The standard InChI is InChI=1S/C14H15N5O/c1-10-8-13(19-14(20)15-16-17-19)11(2)18(10)9-12-6-4-3-5-7-12/h3-8H,9H2,1-2H3,(H,15,17,20). The van der Waals surface area contributed by atoms with E-state index in [-0.39, 0.29) is 5.69 Å². The molecule has 0 saturated heterocycles. The summed E-state index contributed by atoms with van der Waals surface area (Å²) >= 11 is 0. The van der Waals surface area contributed by atoms with Gasteiger partial charge in [-0.3, -0.25) is 0 Å². The Balaban J connectivity index is 2.04. The predicted molar refractivity (Wildman–Crippen MR) is 75.0 cm³/mol. The number of rotatable bonds is 3. The molecule has 3 aromatic rings. The maximum Gasteiger partial charge on any atom is 0.365 e. The summed E-state index contributed by atoms with van der Waals surface area (Å²) in [5, 5.41) is 9.63. The monoisotopic (exact) mass is 269 g/mol. The van der Waals surface area contributed by atoms with Gasteiger partial charge in [0.05, 0.1) is 5.69 Å². The number of hydrogen-bond donors (Lipinski definition) is 1. The molecule has 0 atom stereocenters. The zero-order valence-corrected chi connectivity index (χ0v) is 11.4. The number of aryl methyl sites for hydroxylation is 1. The van der Waals surface area contributed by atoms with Crippen molar-refractivity contribution in [2.24, 2.45) is 0 Å². The largest absolute Gasteiger partial charge is 0.365 e. The molecule has 0 radical (unpaired) electrons. The molecule has 1 N–H and O–H groups in total. The Labute approximate surface area is 115 Å². The molecule has 0 unspecified atom stereocenters. The Morgan fingerprint density at radius 1 is 1.20 bits per heavy atom. The Morgan fingerprint density at radius 3 is 2.60 bits per heavy atom. The van der Waals surface area contributed by atoms with E-state index in [1.165, 1.54) is 10.2 Å². The maximum atomic E-state index is 11.6. The highest BCUT2D eigenvalue weighted by atomic mass is 16.2. The second kappa shape index (κ2) is 4.80. The fourth-order valence-electron chi connectivity index (χ4n) is 2.36. The van der Waals surface area contributed by atoms with Crippen molar-refractivity contribution in [2.75, 3.05) is 0 Å². The van der Waals surface area contributed by atoms with Gasteiger partial charge in [-0.25, -0.2) is 9.89 Å². The highest BCUT2D eigenvalue weighted by Crippen LogP contribution is 2.18. The number of tetrazole rings is 1. The molecular weight excluding hydrogens is 254 g/mol. The number of aromatic amines is 1. The molecule has 0 saturated carbocycles. The van der Waals surface area contributed by atoms with Crippen LogP contribution in [0.3, 0.4) is 0 Å². The van der Waals surface area contributed by atoms with Crippen molar-refractivity contribution in [3.05, 3.63) is 63.8 Å². The van der Waals surface area contributed by atoms with Gasteiger partial charge in [-0.15, -0.1) is 0 Å². The van der Waals surface area contributed by atoms with Gasteiger partial charge in [-0.05, 0) is 35.9 Å². The van der Waals surface area contributed by atoms with Gasteiger partial charge in [0.1, 0.15) is 0 Å². The van der Waals surface area contributed by atoms with Crippen molar-refractivity contribution < 1.29 is 0 Å². The minimum Gasteiger partial charge on any atom is -0.343 e. The third kappa shape index (κ3) is 2.05. The van der Waals surface area contributed by atoms with E-state index in [0.717, 1.165) is 23.6 Å². The molecule has 1 aromatic carbocycles. The van der Waals surface area contributed by atoms with Gasteiger partial charge in [0.15, 0.2) is 0 Å². The number of benzene rings is 1. The van der Waals surface area contributed by atoms with Crippen LogP contribution in [0.4, 0.5) is 0 Å². The topological polar surface area (TPSA) is 68.5 Å². The van der Waals surface area contributed by atoms with Crippen LogP contribution >= 0.6 is 0 Å². The third-order valence-electron chi connectivity index (χ3n) is 3.43. The molecule has 2 aromatic heterocycles. The van der Waals surface area contributed by atoms with Crippen LogP contribution in [0.1, 0.15) is 17.0 Å². The van der Waals surface area contributed by atoms with Gasteiger partial charge in [0.25, 0.3) is 0 Å². The van der Waals surface area contributed by atoms with E-state index >= 15 is 0 Å². The minimum absolute atomic E-state index is 0.329. The first-order valence-corrected chi connectivity index (χ1v) is 6.38. The zero-order valence-electron chi connectivity index (χ0n) is 11.4. The summed E-state index contributed by atoms with van der Waals surface area (Å²) in [5.41, 5.74) is 3.72. The van der Waals surface area contributed by atoms with Gasteiger partial charge in [-0.1, -0.05) is 30.3 Å². The lowest BCUT2D eigenvalue weighted by molar-refractivity contribution is 0.730. The van der Waals surface area contributed by atoms with Crippen LogP contribution in [-0.2, 0) is 6.54 Å². The maximum absolute atomic E-state index is 11.6. The minimum atomic E-state index is -0.329. The van der Waals surface area contributed by atoms with E-state index in [4.69, 9.17) is 0 Å². The Bertz CT molecular complexity index is 782. The van der Waals surface area contributed by atoms with Crippen LogP contribution < -0.4 is 5.69 Å². The van der Waals surface area contributed by atoms with Crippen molar-refractivity contribution in [3.63, 3.8) is 0 Å². The van der Waals surface area contributed by atoms with Crippen LogP contribution in [0, 0.1) is 13.8 Å². The molecule has 20 heavy (non-hydrogen) atoms. The lowest BCUT2D eigenvalue weighted by Crippen LogP contribution is -2.16. The molecule has 6 nitrogen and oxygen atoms in total. The highest BCUT2D eigenvalue weighted by Gasteiger charge is 2.13. The van der Waals surface area contributed by atoms with Crippen molar-refractivity contribution in [1.82, 2.24) is 24.8 Å². The third-order valence-corrected chi connectivity index (χ3v) is 3.43. The van der Waals surface area contributed by atoms with Gasteiger partial charge in [-0.2, -0.15) is 4.68 Å². The molecule has 0 fully saturated rings. The second-order valence-corrected chi connectivity index (χ2v) is 4.75. The first kappa shape index (κ1) is 12.4. The molecule has 3 rings (SSSR count). The van der Waals surface area contributed by atoms with Gasteiger partial charge < -0.3 is 4.57 Å². The van der Waals surface area contributed by atoms with Crippen molar-refractivity contribution in [2.45, 2.75) is 20.4 Å². The summed E-state index contributed by atoms with van der Waals surface area (Å²) < 4.78 is 3.44. The number of aromatic nitrogens is 5. The van der Waals surface area contributed by atoms with E-state index in [0.29, 0.717) is 0 Å². The number of hydrogen-bond acceptors (Lipinski definition) is 3. The molecule has 2 heterocycles. The second-order valence-electron chi connectivity index (χ2n) is 4.75. The fraction of sp³-hybridized carbons (Fsp3) is 0.214. The van der Waals surface area contributed by atoms with Crippen LogP contribution in [0.5, 0.6) is 0 Å². The molecule has 0 aliphatic heterocycles. The first-order chi connectivity index (χ1) is 9.66. The summed E-state index contributed by atoms with van der Waals surface area (Å²) in [5.74, 6) is 0. The van der Waals surface area contributed by atoms with Crippen LogP contribution in [0.15, 0.2) is 41.2 Å². The van der Waals surface area contributed by atoms with Crippen LogP contribution in [0.2, 0.25) is 0 Å². The summed E-state index contributed by atoms with van der Waals surface area (Å²) in [6.07, 6.45) is 0. The highest BCUT2D eigenvalue weighted by molar-refractivity contribution is 5.40. The normalized spacial score (nSPS) is 10.9. The molecule has 0 aliphatic rings. The van der Waals surface area contributed by atoms with Crippen molar-refractivity contribution >= 4 is 0 Å². The molecule has 6 heteroatoms. The van der Waals surface area contributed by atoms with Gasteiger partial charge >= 0.3 is 5.69 Å². The summed E-state index contributed by atoms with van der Waals surface area (Å²) in [7, 11) is 0. The van der Waals surface area contributed by atoms with Crippen molar-refractivity contribution in [1.29, 1.82) is 0 Å². The quantitative estimate of drug-likeness (QED) is 0.782. The summed E-state index contributed by atoms with van der Waals surface area (Å²) in [6, 6.07) is 12.2. The summed E-state index contributed by atoms with van der Waals surface area (Å²) in [4.78, 5) is 11.6. The lowest BCUT2D eigenvalue weighted by Gasteiger charge is -2.09. The van der Waals surface area contributed by atoms with E-state index in [9.17, 15) is 4.79 Å². The van der Waals surface area contributed by atoms with E-state index < -0.39 is 0 Å². The average molecular weight is 269 g/mol. The molecular formula is C14H15N5O. The molecule has 0 amide bonds. The van der Waals surface area contributed by atoms with Gasteiger partial charge in [0, 0.05) is 17.9 Å². The zero-order chi connectivity index (χ0) is 14.1. The smallest absolute Gasteiger partial charge is 0.343 e. The lowest BCUT2D eigenvalue weighted by atomic mass is 10.2. The number of H-pyrrole nitrogens is 1. The SMILES string of the molecule is Cc1cc(-n2nn[nH]c2=O)c(C)n1Cc1ccccc1. The number of nitrogens with one attached hydrogen (secondary N) is 1. The molecule has 0 aliphatic carbocycles. The Morgan fingerprint density at radius 2 is 1.95 bits per heavy atom. The fourth-order valence-corrected chi connectivity index (χ4v) is 2.36. The number of nitrogens with zero attached hydrogens (tertiary/aromatic N) is 4. The van der Waals surface area contributed by atoms with Crippen LogP contribution in [-0.4, -0.2) is 24.8 Å². The molecule has 0 bridgehead atoms. The average Bonchev–Trinajstić information content (AvgIpc) is 2.98. The van der Waals surface area contributed by atoms with E-state index in [1.807, 2.05) is 38.1 Å². The predicted octanol–water partition coefficient (Wildman–Crippen LogP) is 1.42. The van der Waals surface area contributed by atoms with Gasteiger partial charge in [0.2, 0.25) is 0 Å². The Hall–Kier alpha value is -2.63. The molecule has 102 valence electrons. The van der Waals surface area contributed by atoms with Crippen LogP contribution in [0.25, 0.3) is 5.69 Å². The Kier molecular flexibility index (Phi) is 2.98. The van der Waals surface area contributed by atoms with E-state index in [2.05, 4.69) is 32.2 Å². The van der Waals surface area contributed by atoms with Crippen molar-refractivity contribution in [3.8, 4) is 5.69 Å². The summed E-state index contributed by atoms with van der Waals surface area (Å²) in [6.45, 7) is 4.77.